The van der Waals surface area contributed by atoms with Crippen molar-refractivity contribution in [2.75, 3.05) is 0 Å². The fourth-order valence-electron chi connectivity index (χ4n) is 2.72. The Morgan fingerprint density at radius 2 is 1.77 bits per heavy atom. The predicted molar refractivity (Wildman–Crippen MR) is 111 cm³/mol. The van der Waals surface area contributed by atoms with Gasteiger partial charge in [0, 0.05) is 20.3 Å². The third-order valence-electron chi connectivity index (χ3n) is 3.85. The maximum absolute atomic E-state index is 12.4. The van der Waals surface area contributed by atoms with E-state index in [1.54, 1.807) is 38.1 Å². The molecule has 136 valence electrons. The number of hydrogen-bond donors (Lipinski definition) is 1. The van der Waals surface area contributed by atoms with Gasteiger partial charge in [-0.25, -0.2) is 4.79 Å². The number of benzene rings is 2. The van der Waals surface area contributed by atoms with Gasteiger partial charge in [-0.1, -0.05) is 12.1 Å². The van der Waals surface area contributed by atoms with Crippen LogP contribution in [0.2, 0.25) is 0 Å². The molecule has 0 saturated carbocycles. The molecular formula is C21H21IO4. The van der Waals surface area contributed by atoms with E-state index in [0.717, 1.165) is 3.57 Å². The van der Waals surface area contributed by atoms with E-state index in [0.29, 0.717) is 28.0 Å². The molecule has 0 aliphatic carbocycles. The fourth-order valence-corrected chi connectivity index (χ4v) is 3.08. The van der Waals surface area contributed by atoms with Gasteiger partial charge in [-0.3, -0.25) is 4.79 Å². The molecule has 0 unspecified atom stereocenters. The van der Waals surface area contributed by atoms with Crippen molar-refractivity contribution in [3.05, 3.63) is 67.8 Å². The number of ketones is 1. The van der Waals surface area contributed by atoms with E-state index in [1.807, 2.05) is 26.0 Å². The molecule has 0 radical (unpaired) electrons. The summed E-state index contributed by atoms with van der Waals surface area (Å²) >= 11 is 2.19. The molecule has 26 heavy (non-hydrogen) atoms. The Morgan fingerprint density at radius 1 is 1.15 bits per heavy atom. The quantitative estimate of drug-likeness (QED) is 0.359. The zero-order chi connectivity index (χ0) is 19.4. The maximum atomic E-state index is 12.4. The largest absolute Gasteiger partial charge is 0.490 e. The van der Waals surface area contributed by atoms with Crippen molar-refractivity contribution in [1.82, 2.24) is 0 Å². The first-order valence-electron chi connectivity index (χ1n) is 8.22. The summed E-state index contributed by atoms with van der Waals surface area (Å²) in [5.41, 5.74) is 2.72. The van der Waals surface area contributed by atoms with Crippen molar-refractivity contribution in [3.8, 4) is 5.75 Å². The second kappa shape index (κ2) is 8.49. The van der Waals surface area contributed by atoms with Gasteiger partial charge in [0.1, 0.15) is 5.75 Å². The molecule has 0 bridgehead atoms. The highest BCUT2D eigenvalue weighted by Gasteiger charge is 2.19. The number of hydrogen-bond acceptors (Lipinski definition) is 3. The molecule has 2 aromatic carbocycles. The van der Waals surface area contributed by atoms with Crippen molar-refractivity contribution in [2.24, 2.45) is 0 Å². The molecule has 0 aromatic heterocycles. The lowest BCUT2D eigenvalue weighted by atomic mass is 9.97. The van der Waals surface area contributed by atoms with E-state index in [4.69, 9.17) is 4.74 Å². The number of carbonyl (C=O) groups excluding carboxylic acids is 1. The summed E-state index contributed by atoms with van der Waals surface area (Å²) < 4.78 is 6.91. The fraction of sp³-hybridized carbons (Fsp3) is 0.238. The van der Waals surface area contributed by atoms with Crippen molar-refractivity contribution < 1.29 is 19.4 Å². The SMILES string of the molecule is Cc1cc(/C=C/C(=O)c2ccc(I)cc2)c(OC(C)C)c(C)c1C(=O)O. The van der Waals surface area contributed by atoms with Crippen LogP contribution in [0.15, 0.2) is 36.4 Å². The minimum atomic E-state index is -0.987. The molecule has 0 aliphatic rings. The monoisotopic (exact) mass is 464 g/mol. The van der Waals surface area contributed by atoms with E-state index < -0.39 is 5.97 Å². The summed E-state index contributed by atoms with van der Waals surface area (Å²) in [6.45, 7) is 7.23. The molecular weight excluding hydrogens is 443 g/mol. The average Bonchev–Trinajstić information content (AvgIpc) is 2.55. The third-order valence-corrected chi connectivity index (χ3v) is 4.57. The highest BCUT2D eigenvalue weighted by molar-refractivity contribution is 14.1. The van der Waals surface area contributed by atoms with E-state index in [2.05, 4.69) is 22.6 Å². The summed E-state index contributed by atoms with van der Waals surface area (Å²) in [6.07, 6.45) is 3.06. The first-order chi connectivity index (χ1) is 12.2. The lowest BCUT2D eigenvalue weighted by molar-refractivity contribution is 0.0694. The van der Waals surface area contributed by atoms with Crippen LogP contribution >= 0.6 is 22.6 Å². The minimum Gasteiger partial charge on any atom is -0.490 e. The van der Waals surface area contributed by atoms with Crippen LogP contribution in [0, 0.1) is 17.4 Å². The number of aromatic carboxylic acids is 1. The Morgan fingerprint density at radius 3 is 2.31 bits per heavy atom. The van der Waals surface area contributed by atoms with Crippen LogP contribution in [-0.4, -0.2) is 23.0 Å². The molecule has 0 aliphatic heterocycles. The van der Waals surface area contributed by atoms with Gasteiger partial charge >= 0.3 is 5.97 Å². The van der Waals surface area contributed by atoms with Crippen LogP contribution in [0.5, 0.6) is 5.75 Å². The molecule has 2 rings (SSSR count). The Labute approximate surface area is 167 Å². The molecule has 0 heterocycles. The smallest absolute Gasteiger partial charge is 0.336 e. The van der Waals surface area contributed by atoms with Gasteiger partial charge in [0.25, 0.3) is 0 Å². The van der Waals surface area contributed by atoms with Gasteiger partial charge in [-0.2, -0.15) is 0 Å². The van der Waals surface area contributed by atoms with E-state index in [9.17, 15) is 14.7 Å². The van der Waals surface area contributed by atoms with Crippen molar-refractivity contribution in [3.63, 3.8) is 0 Å². The summed E-state index contributed by atoms with van der Waals surface area (Å²) in [4.78, 5) is 23.9. The predicted octanol–water partition coefficient (Wildman–Crippen LogP) is 5.29. The topological polar surface area (TPSA) is 63.6 Å². The average molecular weight is 464 g/mol. The van der Waals surface area contributed by atoms with E-state index in [-0.39, 0.29) is 17.5 Å². The number of carboxylic acid groups (broad SMARTS) is 1. The number of allylic oxidation sites excluding steroid dienone is 1. The highest BCUT2D eigenvalue weighted by atomic mass is 127. The number of carbonyl (C=O) groups is 2. The highest BCUT2D eigenvalue weighted by Crippen LogP contribution is 2.31. The summed E-state index contributed by atoms with van der Waals surface area (Å²) in [5.74, 6) is -0.608. The second-order valence-electron chi connectivity index (χ2n) is 6.29. The number of rotatable bonds is 6. The normalized spacial score (nSPS) is 11.2. The molecule has 0 spiro atoms. The van der Waals surface area contributed by atoms with Crippen molar-refractivity contribution in [1.29, 1.82) is 0 Å². The van der Waals surface area contributed by atoms with Gasteiger partial charge in [0.2, 0.25) is 0 Å². The number of halogens is 1. The Kier molecular flexibility index (Phi) is 6.58. The molecule has 0 saturated heterocycles. The van der Waals surface area contributed by atoms with Gasteiger partial charge in [0.15, 0.2) is 5.78 Å². The zero-order valence-electron chi connectivity index (χ0n) is 15.2. The van der Waals surface area contributed by atoms with E-state index in [1.165, 1.54) is 6.08 Å². The van der Waals surface area contributed by atoms with Crippen LogP contribution < -0.4 is 4.74 Å². The minimum absolute atomic E-state index is 0.114. The van der Waals surface area contributed by atoms with Crippen molar-refractivity contribution >= 4 is 40.4 Å². The lowest BCUT2D eigenvalue weighted by Crippen LogP contribution is -2.12. The summed E-state index contributed by atoms with van der Waals surface area (Å²) in [5, 5.41) is 9.46. The number of carboxylic acids is 1. The maximum Gasteiger partial charge on any atom is 0.336 e. The van der Waals surface area contributed by atoms with Crippen molar-refractivity contribution in [2.45, 2.75) is 33.8 Å². The number of aryl methyl sites for hydroxylation is 1. The van der Waals surface area contributed by atoms with Crippen LogP contribution in [0.25, 0.3) is 6.08 Å². The first kappa shape index (κ1) is 20.2. The van der Waals surface area contributed by atoms with Gasteiger partial charge in [0.05, 0.1) is 11.7 Å². The molecule has 5 heteroatoms. The van der Waals surface area contributed by atoms with Gasteiger partial charge < -0.3 is 9.84 Å². The van der Waals surface area contributed by atoms with E-state index >= 15 is 0 Å². The van der Waals surface area contributed by atoms with Gasteiger partial charge in [-0.05, 0) is 86.2 Å². The van der Waals surface area contributed by atoms with Gasteiger partial charge in [-0.15, -0.1) is 0 Å². The van der Waals surface area contributed by atoms with Crippen LogP contribution in [0.4, 0.5) is 0 Å². The lowest BCUT2D eigenvalue weighted by Gasteiger charge is -2.18. The number of ether oxygens (including phenoxy) is 1. The first-order valence-corrected chi connectivity index (χ1v) is 9.30. The Hall–Kier alpha value is -2.15. The van der Waals surface area contributed by atoms with Crippen LogP contribution in [-0.2, 0) is 0 Å². The molecule has 4 nitrogen and oxygen atoms in total. The Bertz CT molecular complexity index is 865. The second-order valence-corrected chi connectivity index (χ2v) is 7.53. The molecule has 0 atom stereocenters. The molecule has 0 amide bonds. The third kappa shape index (κ3) is 4.72. The van der Waals surface area contributed by atoms with Crippen LogP contribution in [0.1, 0.15) is 51.3 Å². The summed E-state index contributed by atoms with van der Waals surface area (Å²) in [6, 6.07) is 9.07. The summed E-state index contributed by atoms with van der Waals surface area (Å²) in [7, 11) is 0. The molecule has 1 N–H and O–H groups in total. The zero-order valence-corrected chi connectivity index (χ0v) is 17.3. The van der Waals surface area contributed by atoms with Crippen LogP contribution in [0.3, 0.4) is 0 Å². The molecule has 2 aromatic rings. The molecule has 0 fully saturated rings. The standard InChI is InChI=1S/C21H21IO4/c1-12(2)26-20-14(4)19(21(24)25)13(3)11-16(20)7-10-18(23)15-5-8-17(22)9-6-15/h5-12H,1-4H3,(H,24,25)/b10-7+. The Balaban J connectivity index is 2.45.